The van der Waals surface area contributed by atoms with Gasteiger partial charge >= 0.3 is 6.03 Å². The molecule has 2 heterocycles. The van der Waals surface area contributed by atoms with E-state index < -0.39 is 6.03 Å². The van der Waals surface area contributed by atoms with E-state index in [1.165, 1.54) is 6.33 Å². The average molecular weight is 523 g/mol. The molecule has 0 radical (unpaired) electrons. The number of carbonyl (C=O) groups is 1. The van der Waals surface area contributed by atoms with Crippen molar-refractivity contribution in [3.05, 3.63) is 85.1 Å². The Bertz CT molecular complexity index is 1620. The van der Waals surface area contributed by atoms with Gasteiger partial charge < -0.3 is 24.8 Å². The molecule has 0 unspecified atom stereocenters. The molecule has 2 N–H and O–H groups in total. The van der Waals surface area contributed by atoms with Gasteiger partial charge in [-0.05, 0) is 24.3 Å². The van der Waals surface area contributed by atoms with E-state index in [1.807, 2.05) is 37.3 Å². The third kappa shape index (κ3) is 5.69. The van der Waals surface area contributed by atoms with Crippen molar-refractivity contribution in [3.63, 3.8) is 0 Å². The van der Waals surface area contributed by atoms with Gasteiger partial charge in [0.15, 0.2) is 5.82 Å². The minimum Gasteiger partial charge on any atom is -0.497 e. The number of anilines is 2. The summed E-state index contributed by atoms with van der Waals surface area (Å²) < 4.78 is 16.9. The number of nitrogens with one attached hydrogen (secondary N) is 2. The van der Waals surface area contributed by atoms with Gasteiger partial charge in [-0.15, -0.1) is 0 Å². The first-order valence-corrected chi connectivity index (χ1v) is 12.2. The summed E-state index contributed by atoms with van der Waals surface area (Å²) in [6.45, 7) is 1.98. The summed E-state index contributed by atoms with van der Waals surface area (Å²) in [7, 11) is 3.10. The van der Waals surface area contributed by atoms with Crippen molar-refractivity contribution in [1.29, 1.82) is 0 Å². The first-order valence-electron chi connectivity index (χ1n) is 12.2. The molecule has 0 aliphatic carbocycles. The van der Waals surface area contributed by atoms with E-state index in [4.69, 9.17) is 14.2 Å². The van der Waals surface area contributed by atoms with E-state index >= 15 is 0 Å². The van der Waals surface area contributed by atoms with Crippen molar-refractivity contribution in [2.75, 3.05) is 24.9 Å². The van der Waals surface area contributed by atoms with Crippen molar-refractivity contribution in [2.45, 2.75) is 13.3 Å². The molecule has 5 rings (SSSR count). The van der Waals surface area contributed by atoms with Gasteiger partial charge in [0.2, 0.25) is 5.88 Å². The van der Waals surface area contributed by atoms with Gasteiger partial charge in [0.1, 0.15) is 29.4 Å². The minimum atomic E-state index is -0.419. The Kier molecular flexibility index (Phi) is 7.44. The van der Waals surface area contributed by atoms with E-state index in [9.17, 15) is 4.79 Å². The van der Waals surface area contributed by atoms with Crippen LogP contribution in [0.3, 0.4) is 0 Å². The monoisotopic (exact) mass is 522 g/mol. The number of methoxy groups -OCH3 is 2. The zero-order valence-corrected chi connectivity index (χ0v) is 21.6. The lowest BCUT2D eigenvalue weighted by Gasteiger charge is -2.15. The molecule has 3 aromatic carbocycles. The van der Waals surface area contributed by atoms with Crippen LogP contribution in [0.25, 0.3) is 22.2 Å². The van der Waals surface area contributed by atoms with Crippen LogP contribution >= 0.6 is 0 Å². The van der Waals surface area contributed by atoms with E-state index in [-0.39, 0.29) is 0 Å². The number of urea groups is 1. The number of fused-ring (bicyclic) bond motifs is 1. The Morgan fingerprint density at radius 2 is 1.62 bits per heavy atom. The van der Waals surface area contributed by atoms with Gasteiger partial charge in [-0.2, -0.15) is 0 Å². The van der Waals surface area contributed by atoms with Crippen LogP contribution in [-0.4, -0.2) is 40.2 Å². The molecule has 0 atom stereocenters. The lowest BCUT2D eigenvalue weighted by atomic mass is 10.1. The second-order valence-electron chi connectivity index (χ2n) is 8.37. The number of hydrogen-bond acceptors (Lipinski definition) is 8. The Labute approximate surface area is 225 Å². The van der Waals surface area contributed by atoms with E-state index in [0.29, 0.717) is 58.1 Å². The number of rotatable bonds is 8. The maximum Gasteiger partial charge on any atom is 0.323 e. The number of nitrogens with zero attached hydrogens (tertiary/aromatic N) is 4. The standard InChI is InChI=1S/C29H26N6O4/c1-4-26-31-17-32-27(35-26)23-10-7-13-30-28(23)39-25-12-11-24(21-8-5-6-9-22(21)25)34-29(36)33-18-14-19(37-2)16-20(15-18)38-3/h5-17H,4H2,1-3H3,(H2,33,34,36). The molecule has 10 heteroatoms. The molecule has 196 valence electrons. The van der Waals surface area contributed by atoms with Crippen LogP contribution in [0.5, 0.6) is 23.1 Å². The van der Waals surface area contributed by atoms with Crippen LogP contribution in [0.2, 0.25) is 0 Å². The normalized spacial score (nSPS) is 10.6. The number of benzene rings is 3. The second-order valence-corrected chi connectivity index (χ2v) is 8.37. The average Bonchev–Trinajstić information content (AvgIpc) is 2.98. The molecule has 0 fully saturated rings. The maximum atomic E-state index is 12.9. The first-order chi connectivity index (χ1) is 19.1. The summed E-state index contributed by atoms with van der Waals surface area (Å²) in [5.41, 5.74) is 1.78. The van der Waals surface area contributed by atoms with Crippen molar-refractivity contribution in [3.8, 4) is 34.5 Å². The molecule has 0 saturated carbocycles. The van der Waals surface area contributed by atoms with Crippen LogP contribution in [0.4, 0.5) is 16.2 Å². The van der Waals surface area contributed by atoms with Crippen molar-refractivity contribution in [2.24, 2.45) is 0 Å². The molecule has 0 bridgehead atoms. The number of ether oxygens (including phenoxy) is 3. The van der Waals surface area contributed by atoms with E-state index in [0.717, 1.165) is 10.8 Å². The highest BCUT2D eigenvalue weighted by Crippen LogP contribution is 2.36. The fraction of sp³-hybridized carbons (Fsp3) is 0.138. The highest BCUT2D eigenvalue weighted by molar-refractivity contribution is 6.07. The highest BCUT2D eigenvalue weighted by Gasteiger charge is 2.16. The third-order valence-corrected chi connectivity index (χ3v) is 5.90. The number of pyridine rings is 1. The Balaban J connectivity index is 1.42. The summed E-state index contributed by atoms with van der Waals surface area (Å²) in [4.78, 5) is 30.3. The number of aryl methyl sites for hydroxylation is 1. The van der Waals surface area contributed by atoms with Crippen molar-refractivity contribution in [1.82, 2.24) is 19.9 Å². The molecule has 2 aromatic heterocycles. The topological polar surface area (TPSA) is 120 Å². The van der Waals surface area contributed by atoms with Crippen LogP contribution < -0.4 is 24.8 Å². The van der Waals surface area contributed by atoms with Gasteiger partial charge in [-0.3, -0.25) is 0 Å². The van der Waals surface area contributed by atoms with Crippen LogP contribution in [0.1, 0.15) is 12.7 Å². The second kappa shape index (κ2) is 11.4. The molecular weight excluding hydrogens is 496 g/mol. The number of amides is 2. The zero-order valence-electron chi connectivity index (χ0n) is 21.6. The number of hydrogen-bond donors (Lipinski definition) is 2. The first kappa shape index (κ1) is 25.4. The smallest absolute Gasteiger partial charge is 0.323 e. The fourth-order valence-electron chi connectivity index (χ4n) is 4.01. The summed E-state index contributed by atoms with van der Waals surface area (Å²) in [6, 6.07) is 19.6. The SMILES string of the molecule is CCc1ncnc(-c2cccnc2Oc2ccc(NC(=O)Nc3cc(OC)cc(OC)c3)c3ccccc23)n1. The summed E-state index contributed by atoms with van der Waals surface area (Å²) in [6.07, 6.45) is 3.82. The van der Waals surface area contributed by atoms with Crippen LogP contribution in [0, 0.1) is 0 Å². The predicted octanol–water partition coefficient (Wildman–Crippen LogP) is 6.10. The van der Waals surface area contributed by atoms with Gasteiger partial charge in [-0.1, -0.05) is 31.2 Å². The Hall–Kier alpha value is -5.25. The van der Waals surface area contributed by atoms with E-state index in [1.54, 1.807) is 56.8 Å². The zero-order chi connectivity index (χ0) is 27.2. The van der Waals surface area contributed by atoms with Crippen molar-refractivity contribution >= 4 is 28.2 Å². The van der Waals surface area contributed by atoms with Gasteiger partial charge in [-0.25, -0.2) is 24.7 Å². The predicted molar refractivity (Wildman–Crippen MR) is 149 cm³/mol. The minimum absolute atomic E-state index is 0.362. The maximum absolute atomic E-state index is 12.9. The quantitative estimate of drug-likeness (QED) is 0.251. The third-order valence-electron chi connectivity index (χ3n) is 5.90. The van der Waals surface area contributed by atoms with Crippen molar-refractivity contribution < 1.29 is 19.0 Å². The molecule has 5 aromatic rings. The molecule has 2 amide bonds. The number of carbonyl (C=O) groups excluding carboxylic acids is 1. The highest BCUT2D eigenvalue weighted by atomic mass is 16.5. The summed E-state index contributed by atoms with van der Waals surface area (Å²) in [5.74, 6) is 3.22. The van der Waals surface area contributed by atoms with Gasteiger partial charge in [0, 0.05) is 47.3 Å². The largest absolute Gasteiger partial charge is 0.497 e. The Morgan fingerprint density at radius 3 is 2.36 bits per heavy atom. The summed E-state index contributed by atoms with van der Waals surface area (Å²) in [5, 5.41) is 7.33. The van der Waals surface area contributed by atoms with Gasteiger partial charge in [0.25, 0.3) is 0 Å². The molecule has 39 heavy (non-hydrogen) atoms. The van der Waals surface area contributed by atoms with Gasteiger partial charge in [0.05, 0.1) is 25.5 Å². The fourth-order valence-corrected chi connectivity index (χ4v) is 4.01. The Morgan fingerprint density at radius 1 is 0.846 bits per heavy atom. The molecule has 0 aliphatic rings. The summed E-state index contributed by atoms with van der Waals surface area (Å²) >= 11 is 0. The number of aromatic nitrogens is 4. The molecule has 0 saturated heterocycles. The van der Waals surface area contributed by atoms with Crippen LogP contribution in [0.15, 0.2) is 79.3 Å². The van der Waals surface area contributed by atoms with Crippen LogP contribution in [-0.2, 0) is 6.42 Å². The molecule has 0 spiro atoms. The van der Waals surface area contributed by atoms with E-state index in [2.05, 4.69) is 30.6 Å². The lowest BCUT2D eigenvalue weighted by molar-refractivity contribution is 0.262. The lowest BCUT2D eigenvalue weighted by Crippen LogP contribution is -2.19. The molecular formula is C29H26N6O4. The molecule has 10 nitrogen and oxygen atoms in total. The molecule has 0 aliphatic heterocycles.